The smallest absolute Gasteiger partial charge is 0.0300 e. The molecule has 1 aliphatic rings. The molecule has 0 radical (unpaired) electrons. The van der Waals surface area contributed by atoms with Crippen molar-refractivity contribution in [3.8, 4) is 0 Å². The average molecular weight is 154 g/mol. The number of hydrogen-bond donors (Lipinski definition) is 0. The van der Waals surface area contributed by atoms with E-state index >= 15 is 0 Å². The molecule has 0 aliphatic heterocycles. The summed E-state index contributed by atoms with van der Waals surface area (Å²) in [4.78, 5) is 0. The van der Waals surface area contributed by atoms with E-state index in [0.29, 0.717) is 5.41 Å². The quantitative estimate of drug-likeness (QED) is 0.577. The van der Waals surface area contributed by atoms with Gasteiger partial charge in [-0.15, -0.1) is 0 Å². The molecule has 2 atom stereocenters. The topological polar surface area (TPSA) is 0 Å². The molecule has 0 saturated heterocycles. The second-order valence-electron chi connectivity index (χ2n) is 4.37. The summed E-state index contributed by atoms with van der Waals surface area (Å²) in [6.45, 7) is 9.48. The second-order valence-corrected chi connectivity index (χ2v) is 4.37. The van der Waals surface area contributed by atoms with Crippen LogP contribution in [0.5, 0.6) is 0 Å². The first-order valence-corrected chi connectivity index (χ1v) is 5.18. The summed E-state index contributed by atoms with van der Waals surface area (Å²) in [6, 6.07) is 0. The van der Waals surface area contributed by atoms with Crippen LogP contribution in [0.3, 0.4) is 0 Å². The van der Waals surface area contributed by atoms with Crippen molar-refractivity contribution in [2.75, 3.05) is 0 Å². The molecule has 0 spiro atoms. The van der Waals surface area contributed by atoms with Gasteiger partial charge in [-0.2, -0.15) is 0 Å². The first-order chi connectivity index (χ1) is 5.18. The van der Waals surface area contributed by atoms with Crippen LogP contribution < -0.4 is 0 Å². The summed E-state index contributed by atoms with van der Waals surface area (Å²) in [5, 5.41) is 0. The van der Waals surface area contributed by atoms with E-state index in [1.54, 1.807) is 0 Å². The van der Waals surface area contributed by atoms with Crippen molar-refractivity contribution >= 4 is 0 Å². The second kappa shape index (κ2) is 3.16. The van der Waals surface area contributed by atoms with Crippen molar-refractivity contribution in [1.29, 1.82) is 0 Å². The third kappa shape index (κ3) is 1.60. The molecule has 66 valence electrons. The molecule has 0 nitrogen and oxygen atoms in total. The van der Waals surface area contributed by atoms with Gasteiger partial charge in [0.2, 0.25) is 0 Å². The maximum Gasteiger partial charge on any atom is -0.0300 e. The Balaban J connectivity index is 2.45. The summed E-state index contributed by atoms with van der Waals surface area (Å²) in [5.41, 5.74) is 0.667. The van der Waals surface area contributed by atoms with Gasteiger partial charge < -0.3 is 0 Å². The highest BCUT2D eigenvalue weighted by molar-refractivity contribution is 4.96. The molecule has 0 bridgehead atoms. The Kier molecular flexibility index (Phi) is 2.61. The Bertz CT molecular complexity index is 122. The Morgan fingerprint density at radius 2 is 1.73 bits per heavy atom. The van der Waals surface area contributed by atoms with Crippen LogP contribution in [-0.4, -0.2) is 0 Å². The summed E-state index contributed by atoms with van der Waals surface area (Å²) in [6.07, 6.45) is 5.64. The minimum atomic E-state index is 0.667. The van der Waals surface area contributed by atoms with Crippen LogP contribution in [0.1, 0.15) is 53.4 Å². The first kappa shape index (κ1) is 9.09. The Morgan fingerprint density at radius 1 is 1.18 bits per heavy atom. The largest absolute Gasteiger partial charge is 0.0651 e. The van der Waals surface area contributed by atoms with E-state index < -0.39 is 0 Å². The predicted octanol–water partition coefficient (Wildman–Crippen LogP) is 3.86. The van der Waals surface area contributed by atoms with Gasteiger partial charge >= 0.3 is 0 Å². The van der Waals surface area contributed by atoms with Crippen molar-refractivity contribution in [1.82, 2.24) is 0 Å². The molecule has 0 N–H and O–H groups in total. The van der Waals surface area contributed by atoms with Gasteiger partial charge in [0.25, 0.3) is 0 Å². The summed E-state index contributed by atoms with van der Waals surface area (Å²) >= 11 is 0. The Morgan fingerprint density at radius 3 is 2.00 bits per heavy atom. The van der Waals surface area contributed by atoms with Gasteiger partial charge in [0.05, 0.1) is 0 Å². The predicted molar refractivity (Wildman–Crippen MR) is 50.6 cm³/mol. The molecule has 0 aromatic carbocycles. The van der Waals surface area contributed by atoms with Crippen LogP contribution >= 0.6 is 0 Å². The van der Waals surface area contributed by atoms with Gasteiger partial charge in [0.1, 0.15) is 0 Å². The lowest BCUT2D eigenvalue weighted by Gasteiger charge is -2.27. The molecule has 0 aromatic heterocycles. The van der Waals surface area contributed by atoms with Gasteiger partial charge in [-0.1, -0.05) is 47.0 Å². The van der Waals surface area contributed by atoms with Crippen molar-refractivity contribution in [2.24, 2.45) is 17.3 Å². The van der Waals surface area contributed by atoms with Gasteiger partial charge in [-0.05, 0) is 23.7 Å². The van der Waals surface area contributed by atoms with Crippen LogP contribution in [0.25, 0.3) is 0 Å². The van der Waals surface area contributed by atoms with Crippen LogP contribution in [0, 0.1) is 17.3 Å². The number of hydrogen-bond acceptors (Lipinski definition) is 0. The average Bonchev–Trinajstić information content (AvgIpc) is 2.82. The summed E-state index contributed by atoms with van der Waals surface area (Å²) in [7, 11) is 0. The Labute approximate surface area is 71.4 Å². The van der Waals surface area contributed by atoms with E-state index in [-0.39, 0.29) is 0 Å². The highest BCUT2D eigenvalue weighted by Crippen LogP contribution is 2.55. The lowest BCUT2D eigenvalue weighted by molar-refractivity contribution is 0.234. The van der Waals surface area contributed by atoms with Gasteiger partial charge in [0, 0.05) is 0 Å². The zero-order chi connectivity index (χ0) is 8.48. The molecule has 11 heavy (non-hydrogen) atoms. The van der Waals surface area contributed by atoms with E-state index in [9.17, 15) is 0 Å². The fourth-order valence-corrected chi connectivity index (χ4v) is 2.33. The van der Waals surface area contributed by atoms with Crippen LogP contribution in [-0.2, 0) is 0 Å². The zero-order valence-corrected chi connectivity index (χ0v) is 8.48. The highest BCUT2D eigenvalue weighted by Gasteiger charge is 2.46. The number of rotatable bonds is 4. The molecule has 1 saturated carbocycles. The van der Waals surface area contributed by atoms with E-state index in [1.165, 1.54) is 25.7 Å². The minimum Gasteiger partial charge on any atom is -0.0651 e. The normalized spacial score (nSPS) is 30.5. The standard InChI is InChI=1S/C11H22/c1-5-9-8-10(9)11(4,6-2)7-3/h9-10H,5-8H2,1-4H3. The van der Waals surface area contributed by atoms with Crippen molar-refractivity contribution in [3.63, 3.8) is 0 Å². The van der Waals surface area contributed by atoms with E-state index in [1.807, 2.05) is 0 Å². The van der Waals surface area contributed by atoms with E-state index in [2.05, 4.69) is 27.7 Å². The van der Waals surface area contributed by atoms with Crippen LogP contribution in [0.4, 0.5) is 0 Å². The molecule has 0 aromatic rings. The summed E-state index contributed by atoms with van der Waals surface area (Å²) in [5.74, 6) is 2.13. The first-order valence-electron chi connectivity index (χ1n) is 5.18. The van der Waals surface area contributed by atoms with Crippen molar-refractivity contribution in [2.45, 2.75) is 53.4 Å². The molecular formula is C11H22. The van der Waals surface area contributed by atoms with E-state index in [0.717, 1.165) is 11.8 Å². The highest BCUT2D eigenvalue weighted by atomic mass is 14.5. The third-order valence-electron chi connectivity index (χ3n) is 3.96. The zero-order valence-electron chi connectivity index (χ0n) is 8.48. The van der Waals surface area contributed by atoms with Crippen LogP contribution in [0.15, 0.2) is 0 Å². The monoisotopic (exact) mass is 154 g/mol. The molecular weight excluding hydrogens is 132 g/mol. The van der Waals surface area contributed by atoms with Crippen LogP contribution in [0.2, 0.25) is 0 Å². The molecule has 0 amide bonds. The summed E-state index contributed by atoms with van der Waals surface area (Å²) < 4.78 is 0. The van der Waals surface area contributed by atoms with Gasteiger partial charge in [0.15, 0.2) is 0 Å². The van der Waals surface area contributed by atoms with Crippen molar-refractivity contribution in [3.05, 3.63) is 0 Å². The van der Waals surface area contributed by atoms with Crippen molar-refractivity contribution < 1.29 is 0 Å². The maximum atomic E-state index is 2.47. The lowest BCUT2D eigenvalue weighted by Crippen LogP contribution is -2.17. The van der Waals surface area contributed by atoms with E-state index in [4.69, 9.17) is 0 Å². The fraction of sp³-hybridized carbons (Fsp3) is 1.00. The maximum absolute atomic E-state index is 2.47. The minimum absolute atomic E-state index is 0.667. The molecule has 0 heteroatoms. The molecule has 0 heterocycles. The third-order valence-corrected chi connectivity index (χ3v) is 3.96. The lowest BCUT2D eigenvalue weighted by atomic mass is 9.78. The molecule has 1 rings (SSSR count). The molecule has 1 aliphatic carbocycles. The SMILES string of the molecule is CCC1CC1C(C)(CC)CC. The Hall–Kier alpha value is 0. The van der Waals surface area contributed by atoms with Gasteiger partial charge in [-0.25, -0.2) is 0 Å². The van der Waals surface area contributed by atoms with Gasteiger partial charge in [-0.3, -0.25) is 0 Å². The molecule has 1 fully saturated rings. The molecule has 2 unspecified atom stereocenters. The fourth-order valence-electron chi connectivity index (χ4n) is 2.33.